The van der Waals surface area contributed by atoms with E-state index in [1.54, 1.807) is 4.90 Å². The highest BCUT2D eigenvalue weighted by Gasteiger charge is 2.16. The number of anilines is 1. The minimum atomic E-state index is 0.779. The molecule has 1 N–H and O–H groups in total. The minimum Gasteiger partial charge on any atom is -0.353 e. The molecule has 1 aliphatic rings. The second kappa shape index (κ2) is 5.63. The van der Waals surface area contributed by atoms with Gasteiger partial charge in [-0.05, 0) is 19.2 Å². The zero-order valence-corrected chi connectivity index (χ0v) is 10.1. The van der Waals surface area contributed by atoms with Crippen molar-refractivity contribution in [1.29, 1.82) is 0 Å². The van der Waals surface area contributed by atoms with Crippen LogP contribution in [-0.2, 0) is 11.3 Å². The van der Waals surface area contributed by atoms with Crippen LogP contribution >= 0.6 is 0 Å². The molecule has 1 saturated heterocycles. The number of carbonyl (C=O) groups excluding carboxylic acids is 1. The molecule has 0 radical (unpaired) electrons. The van der Waals surface area contributed by atoms with Crippen LogP contribution in [0, 0.1) is 0 Å². The summed E-state index contributed by atoms with van der Waals surface area (Å²) < 4.78 is 0. The minimum absolute atomic E-state index is 0.779. The average molecular weight is 234 g/mol. The summed E-state index contributed by atoms with van der Waals surface area (Å²) in [5, 5.41) is 3.09. The predicted molar refractivity (Wildman–Crippen MR) is 66.9 cm³/mol. The molecule has 0 bridgehead atoms. The number of hydrogen-bond acceptors (Lipinski definition) is 4. The molecule has 1 aliphatic heterocycles. The Bertz CT molecular complexity index is 375. The van der Waals surface area contributed by atoms with E-state index < -0.39 is 0 Å². The number of aromatic nitrogens is 1. The standard InChI is InChI=1S/C12H18N4O/c1-13-9-11-3-2-4-12(14-11)16-7-5-15(10-17)6-8-16/h2-4,10,13H,5-9H2,1H3. The van der Waals surface area contributed by atoms with Crippen molar-refractivity contribution in [1.82, 2.24) is 15.2 Å². The van der Waals surface area contributed by atoms with Gasteiger partial charge in [0.2, 0.25) is 6.41 Å². The number of amides is 1. The topological polar surface area (TPSA) is 48.5 Å². The molecule has 1 aromatic heterocycles. The highest BCUT2D eigenvalue weighted by atomic mass is 16.1. The third-order valence-corrected chi connectivity index (χ3v) is 2.94. The Labute approximate surface area is 101 Å². The van der Waals surface area contributed by atoms with Gasteiger partial charge in [-0.3, -0.25) is 4.79 Å². The molecule has 0 spiro atoms. The van der Waals surface area contributed by atoms with E-state index in [1.807, 2.05) is 25.2 Å². The summed E-state index contributed by atoms with van der Waals surface area (Å²) in [4.78, 5) is 19.2. The summed E-state index contributed by atoms with van der Waals surface area (Å²) in [6.07, 6.45) is 0.919. The van der Waals surface area contributed by atoms with Crippen molar-refractivity contribution in [2.24, 2.45) is 0 Å². The van der Waals surface area contributed by atoms with Crippen LogP contribution in [0.5, 0.6) is 0 Å². The zero-order valence-electron chi connectivity index (χ0n) is 10.1. The smallest absolute Gasteiger partial charge is 0.209 e. The summed E-state index contributed by atoms with van der Waals surface area (Å²) in [7, 11) is 1.91. The average Bonchev–Trinajstić information content (AvgIpc) is 2.40. The Balaban J connectivity index is 2.02. The van der Waals surface area contributed by atoms with Crippen LogP contribution in [0.2, 0.25) is 0 Å². The second-order valence-electron chi connectivity index (χ2n) is 4.15. The summed E-state index contributed by atoms with van der Waals surface area (Å²) in [5.41, 5.74) is 1.04. The fourth-order valence-corrected chi connectivity index (χ4v) is 1.98. The molecule has 1 amide bonds. The number of nitrogens with one attached hydrogen (secondary N) is 1. The molecular formula is C12H18N4O. The maximum Gasteiger partial charge on any atom is 0.209 e. The number of pyridine rings is 1. The summed E-state index contributed by atoms with van der Waals surface area (Å²) >= 11 is 0. The highest BCUT2D eigenvalue weighted by molar-refractivity contribution is 5.49. The van der Waals surface area contributed by atoms with Crippen molar-refractivity contribution in [3.63, 3.8) is 0 Å². The van der Waals surface area contributed by atoms with Crippen LogP contribution in [0.4, 0.5) is 5.82 Å². The molecule has 0 saturated carbocycles. The van der Waals surface area contributed by atoms with E-state index in [0.717, 1.165) is 50.6 Å². The van der Waals surface area contributed by atoms with Crippen molar-refractivity contribution in [3.8, 4) is 0 Å². The normalized spacial score (nSPS) is 16.1. The van der Waals surface area contributed by atoms with Crippen molar-refractivity contribution in [2.45, 2.75) is 6.54 Å². The molecule has 2 heterocycles. The summed E-state index contributed by atoms with van der Waals surface area (Å²) in [6.45, 7) is 4.05. The van der Waals surface area contributed by atoms with Gasteiger partial charge in [0, 0.05) is 32.7 Å². The molecule has 92 valence electrons. The van der Waals surface area contributed by atoms with Gasteiger partial charge in [0.1, 0.15) is 5.82 Å². The van der Waals surface area contributed by atoms with Gasteiger partial charge in [-0.25, -0.2) is 4.98 Å². The highest BCUT2D eigenvalue weighted by Crippen LogP contribution is 2.13. The van der Waals surface area contributed by atoms with E-state index >= 15 is 0 Å². The quantitative estimate of drug-likeness (QED) is 0.750. The van der Waals surface area contributed by atoms with E-state index in [0.29, 0.717) is 0 Å². The van der Waals surface area contributed by atoms with Crippen molar-refractivity contribution in [2.75, 3.05) is 38.1 Å². The van der Waals surface area contributed by atoms with Gasteiger partial charge in [0.15, 0.2) is 0 Å². The number of hydrogen-bond donors (Lipinski definition) is 1. The monoisotopic (exact) mass is 234 g/mol. The predicted octanol–water partition coefficient (Wildman–Crippen LogP) is 0.0794. The van der Waals surface area contributed by atoms with Gasteiger partial charge < -0.3 is 15.1 Å². The molecule has 5 heteroatoms. The Hall–Kier alpha value is -1.62. The first kappa shape index (κ1) is 11.9. The largest absolute Gasteiger partial charge is 0.353 e. The van der Waals surface area contributed by atoms with E-state index in [4.69, 9.17) is 0 Å². The summed E-state index contributed by atoms with van der Waals surface area (Å²) in [6, 6.07) is 6.07. The molecular weight excluding hydrogens is 216 g/mol. The Morgan fingerprint density at radius 1 is 1.35 bits per heavy atom. The maximum atomic E-state index is 10.6. The van der Waals surface area contributed by atoms with E-state index in [-0.39, 0.29) is 0 Å². The first-order chi connectivity index (χ1) is 8.33. The molecule has 2 rings (SSSR count). The maximum absolute atomic E-state index is 10.6. The lowest BCUT2D eigenvalue weighted by molar-refractivity contribution is -0.118. The summed E-state index contributed by atoms with van der Waals surface area (Å²) in [5.74, 6) is 1.00. The van der Waals surface area contributed by atoms with Crippen LogP contribution in [0.1, 0.15) is 5.69 Å². The van der Waals surface area contributed by atoms with Crippen molar-refractivity contribution < 1.29 is 4.79 Å². The first-order valence-corrected chi connectivity index (χ1v) is 5.88. The van der Waals surface area contributed by atoms with Gasteiger partial charge in [-0.2, -0.15) is 0 Å². The molecule has 17 heavy (non-hydrogen) atoms. The van der Waals surface area contributed by atoms with Crippen LogP contribution in [-0.4, -0.2) is 49.5 Å². The van der Waals surface area contributed by atoms with Gasteiger partial charge in [-0.1, -0.05) is 6.07 Å². The van der Waals surface area contributed by atoms with Crippen LogP contribution in [0.25, 0.3) is 0 Å². The third-order valence-electron chi connectivity index (χ3n) is 2.94. The molecule has 1 aromatic rings. The van der Waals surface area contributed by atoms with Gasteiger partial charge in [-0.15, -0.1) is 0 Å². The molecule has 0 aliphatic carbocycles. The Morgan fingerprint density at radius 3 is 2.76 bits per heavy atom. The van der Waals surface area contributed by atoms with Crippen LogP contribution in [0.3, 0.4) is 0 Å². The van der Waals surface area contributed by atoms with Crippen LogP contribution in [0.15, 0.2) is 18.2 Å². The zero-order chi connectivity index (χ0) is 12.1. The molecule has 5 nitrogen and oxygen atoms in total. The fourth-order valence-electron chi connectivity index (χ4n) is 1.98. The molecule has 0 aromatic carbocycles. The number of rotatable bonds is 4. The number of carbonyl (C=O) groups is 1. The second-order valence-corrected chi connectivity index (χ2v) is 4.15. The lowest BCUT2D eigenvalue weighted by atomic mass is 10.3. The van der Waals surface area contributed by atoms with Gasteiger partial charge in [0.05, 0.1) is 5.69 Å². The molecule has 1 fully saturated rings. The lowest BCUT2D eigenvalue weighted by Crippen LogP contribution is -2.46. The SMILES string of the molecule is CNCc1cccc(N2CCN(C=O)CC2)n1. The van der Waals surface area contributed by atoms with E-state index in [9.17, 15) is 4.79 Å². The third kappa shape index (κ3) is 2.94. The Morgan fingerprint density at radius 2 is 2.12 bits per heavy atom. The van der Waals surface area contributed by atoms with E-state index in [1.165, 1.54) is 0 Å². The molecule has 0 unspecified atom stereocenters. The number of piperazine rings is 1. The fraction of sp³-hybridized carbons (Fsp3) is 0.500. The van der Waals surface area contributed by atoms with Crippen LogP contribution < -0.4 is 10.2 Å². The first-order valence-electron chi connectivity index (χ1n) is 5.88. The van der Waals surface area contributed by atoms with Gasteiger partial charge in [0.25, 0.3) is 0 Å². The Kier molecular flexibility index (Phi) is 3.93. The lowest BCUT2D eigenvalue weighted by Gasteiger charge is -2.33. The van der Waals surface area contributed by atoms with Crippen molar-refractivity contribution in [3.05, 3.63) is 23.9 Å². The van der Waals surface area contributed by atoms with E-state index in [2.05, 4.69) is 15.2 Å². The van der Waals surface area contributed by atoms with Gasteiger partial charge >= 0.3 is 0 Å². The number of nitrogens with zero attached hydrogens (tertiary/aromatic N) is 3. The van der Waals surface area contributed by atoms with Crippen molar-refractivity contribution >= 4 is 12.2 Å². The molecule has 0 atom stereocenters.